The zero-order valence-corrected chi connectivity index (χ0v) is 35.2. The van der Waals surface area contributed by atoms with Gasteiger partial charge >= 0.3 is 0 Å². The normalized spacial score (nSPS) is 10.9. The fraction of sp³-hybridized carbons (Fsp3) is 0.143. The first kappa shape index (κ1) is 39.8. The lowest BCUT2D eigenvalue weighted by molar-refractivity contribution is 0.832. The van der Waals surface area contributed by atoms with Crippen LogP contribution in [0.4, 0.5) is 45.5 Å². The topological polar surface area (TPSA) is 13.0 Å². The van der Waals surface area contributed by atoms with Gasteiger partial charge in [-0.25, -0.2) is 0 Å². The predicted molar refractivity (Wildman–Crippen MR) is 257 cm³/mol. The van der Waals surface area contributed by atoms with E-state index in [0.717, 1.165) is 60.3 Å². The molecule has 0 radical (unpaired) electrons. The second-order valence-corrected chi connectivity index (χ2v) is 15.5. The van der Waals surface area contributed by atoms with Gasteiger partial charge in [0, 0.05) is 71.7 Å². The molecule has 0 saturated heterocycles. The summed E-state index contributed by atoms with van der Waals surface area (Å²) >= 11 is 0. The Morgan fingerprint density at radius 3 is 0.983 bits per heavy atom. The maximum atomic E-state index is 2.43. The molecule has 0 amide bonds. The van der Waals surface area contributed by atoms with Gasteiger partial charge in [0.05, 0.1) is 0 Å². The molecule has 0 N–H and O–H groups in total. The van der Waals surface area contributed by atoms with Gasteiger partial charge in [0.1, 0.15) is 0 Å². The first-order chi connectivity index (χ1) is 29.4. The van der Waals surface area contributed by atoms with Crippen molar-refractivity contribution < 1.29 is 0 Å². The van der Waals surface area contributed by atoms with Crippen LogP contribution in [0.1, 0.15) is 36.1 Å². The Balaban J connectivity index is 1.09. The number of anilines is 8. The molecule has 0 unspecified atom stereocenters. The number of nitrogens with zero attached hydrogens (tertiary/aromatic N) is 4. The van der Waals surface area contributed by atoms with Crippen LogP contribution < -0.4 is 19.6 Å². The molecule has 0 spiro atoms. The van der Waals surface area contributed by atoms with Gasteiger partial charge in [-0.15, -0.1) is 0 Å². The number of hydrogen-bond donors (Lipinski definition) is 0. The van der Waals surface area contributed by atoms with Crippen molar-refractivity contribution >= 4 is 45.5 Å². The zero-order valence-electron chi connectivity index (χ0n) is 35.2. The average Bonchev–Trinajstić information content (AvgIpc) is 3.29. The van der Waals surface area contributed by atoms with Crippen molar-refractivity contribution in [1.82, 2.24) is 0 Å². The highest BCUT2D eigenvalue weighted by molar-refractivity contribution is 5.82. The molecule has 0 heterocycles. The van der Waals surface area contributed by atoms with Gasteiger partial charge in [-0.2, -0.15) is 0 Å². The van der Waals surface area contributed by atoms with E-state index in [-0.39, 0.29) is 0 Å². The molecule has 4 heteroatoms. The molecule has 0 saturated carbocycles. The summed E-state index contributed by atoms with van der Waals surface area (Å²) in [6, 6.07) is 74.8. The molecule has 0 atom stereocenters. The quantitative estimate of drug-likeness (QED) is 0.103. The van der Waals surface area contributed by atoms with Crippen LogP contribution in [-0.4, -0.2) is 13.1 Å². The Labute approximate surface area is 357 Å². The molecule has 8 rings (SSSR count). The lowest BCUT2D eigenvalue weighted by Crippen LogP contribution is -2.22. The third-order valence-corrected chi connectivity index (χ3v) is 11.2. The Hall–Kier alpha value is -7.04. The van der Waals surface area contributed by atoms with Gasteiger partial charge in [0.25, 0.3) is 0 Å². The fourth-order valence-corrected chi connectivity index (χ4v) is 8.07. The Kier molecular flexibility index (Phi) is 12.4. The average molecular weight is 783 g/mol. The highest BCUT2D eigenvalue weighted by atomic mass is 15.2. The van der Waals surface area contributed by atoms with E-state index >= 15 is 0 Å². The number of aryl methyl sites for hydroxylation is 2. The van der Waals surface area contributed by atoms with Gasteiger partial charge < -0.3 is 19.6 Å². The summed E-state index contributed by atoms with van der Waals surface area (Å²) in [5, 5.41) is 0. The summed E-state index contributed by atoms with van der Waals surface area (Å²) in [6.45, 7) is 12.3. The van der Waals surface area contributed by atoms with Gasteiger partial charge in [-0.3, -0.25) is 0 Å². The van der Waals surface area contributed by atoms with Crippen LogP contribution in [0.5, 0.6) is 0 Å². The molecule has 8 aromatic rings. The van der Waals surface area contributed by atoms with Crippen LogP contribution in [-0.2, 0) is 13.1 Å². The minimum Gasteiger partial charge on any atom is -0.367 e. The first-order valence-electron chi connectivity index (χ1n) is 21.2. The third-order valence-electron chi connectivity index (χ3n) is 11.2. The van der Waals surface area contributed by atoms with Crippen molar-refractivity contribution in [2.75, 3.05) is 32.7 Å². The van der Waals surface area contributed by atoms with E-state index in [4.69, 9.17) is 0 Å². The van der Waals surface area contributed by atoms with E-state index in [1.54, 1.807) is 0 Å². The molecular formula is C56H54N4. The number of rotatable bonds is 15. The highest BCUT2D eigenvalue weighted by Gasteiger charge is 2.18. The summed E-state index contributed by atoms with van der Waals surface area (Å²) in [5.74, 6) is 0. The predicted octanol–water partition coefficient (Wildman–Crippen LogP) is 15.0. The number of hydrogen-bond acceptors (Lipinski definition) is 4. The van der Waals surface area contributed by atoms with E-state index in [0.29, 0.717) is 0 Å². The lowest BCUT2D eigenvalue weighted by Gasteiger charge is -2.29. The van der Waals surface area contributed by atoms with Crippen LogP contribution in [0.2, 0.25) is 0 Å². The summed E-state index contributed by atoms with van der Waals surface area (Å²) in [6.07, 6.45) is 0. The van der Waals surface area contributed by atoms with Gasteiger partial charge in [0.2, 0.25) is 0 Å². The van der Waals surface area contributed by atoms with E-state index < -0.39 is 0 Å². The molecular weight excluding hydrogens is 729 g/mol. The van der Waals surface area contributed by atoms with Gasteiger partial charge in [-0.1, -0.05) is 121 Å². The Morgan fingerprint density at radius 2 is 0.633 bits per heavy atom. The molecule has 0 aliphatic rings. The molecule has 0 aliphatic carbocycles. The summed E-state index contributed by atoms with van der Waals surface area (Å²) < 4.78 is 0. The molecule has 0 fully saturated rings. The summed E-state index contributed by atoms with van der Waals surface area (Å²) in [5.41, 5.74) is 16.6. The maximum Gasteiger partial charge on any atom is 0.0482 e. The molecule has 0 bridgehead atoms. The molecule has 8 aromatic carbocycles. The Morgan fingerprint density at radius 1 is 0.300 bits per heavy atom. The number of benzene rings is 8. The van der Waals surface area contributed by atoms with Crippen molar-refractivity contribution in [1.29, 1.82) is 0 Å². The second kappa shape index (κ2) is 18.7. The zero-order chi connectivity index (χ0) is 41.3. The minimum absolute atomic E-state index is 0.861. The molecule has 0 aliphatic heterocycles. The second-order valence-electron chi connectivity index (χ2n) is 15.5. The SMILES string of the molecule is CCN(Cc1ccccc1)c1cccc(N(c2ccc(-c3ccc(N(c4cccc(C)c4)c4cccc(N(CC)Cc5ccccc5)c4)cc3)cc2)c2cccc(C)c2)c1. The lowest BCUT2D eigenvalue weighted by atomic mass is 10.0. The van der Waals surface area contributed by atoms with E-state index in [9.17, 15) is 0 Å². The van der Waals surface area contributed by atoms with E-state index in [1.165, 1.54) is 44.8 Å². The van der Waals surface area contributed by atoms with Crippen LogP contribution in [0.3, 0.4) is 0 Å². The van der Waals surface area contributed by atoms with Crippen LogP contribution in [0, 0.1) is 13.8 Å². The molecule has 298 valence electrons. The minimum atomic E-state index is 0.861. The van der Waals surface area contributed by atoms with E-state index in [1.807, 2.05) is 0 Å². The van der Waals surface area contributed by atoms with Crippen molar-refractivity contribution in [3.05, 3.63) is 229 Å². The van der Waals surface area contributed by atoms with Crippen molar-refractivity contribution in [2.45, 2.75) is 40.8 Å². The largest absolute Gasteiger partial charge is 0.367 e. The summed E-state index contributed by atoms with van der Waals surface area (Å²) in [4.78, 5) is 9.60. The van der Waals surface area contributed by atoms with Crippen molar-refractivity contribution in [3.63, 3.8) is 0 Å². The standard InChI is InChI=1S/C56H54N4/c1-5-57(41-45-19-9-7-10-20-45)51-23-15-27-55(39-51)59(53-25-13-17-43(3)37-53)49-33-29-47(30-34-49)48-31-35-50(36-32-48)60(54-26-14-18-44(4)38-54)56-28-16-24-52(40-56)58(6-2)42-46-21-11-8-12-22-46/h7-40H,5-6,41-42H2,1-4H3. The van der Waals surface area contributed by atoms with Crippen molar-refractivity contribution in [2.24, 2.45) is 0 Å². The first-order valence-corrected chi connectivity index (χ1v) is 21.2. The molecule has 60 heavy (non-hydrogen) atoms. The van der Waals surface area contributed by atoms with Crippen LogP contribution in [0.25, 0.3) is 11.1 Å². The Bertz CT molecular complexity index is 2420. The monoisotopic (exact) mass is 782 g/mol. The smallest absolute Gasteiger partial charge is 0.0482 e. The molecule has 4 nitrogen and oxygen atoms in total. The maximum absolute atomic E-state index is 2.43. The highest BCUT2D eigenvalue weighted by Crippen LogP contribution is 2.40. The molecule has 0 aromatic heterocycles. The fourth-order valence-electron chi connectivity index (χ4n) is 8.07. The van der Waals surface area contributed by atoms with Crippen LogP contribution >= 0.6 is 0 Å². The van der Waals surface area contributed by atoms with Crippen LogP contribution in [0.15, 0.2) is 206 Å². The van der Waals surface area contributed by atoms with Gasteiger partial charge in [0.15, 0.2) is 0 Å². The summed E-state index contributed by atoms with van der Waals surface area (Å²) in [7, 11) is 0. The third kappa shape index (κ3) is 9.30. The van der Waals surface area contributed by atoms with E-state index in [2.05, 4.69) is 254 Å². The van der Waals surface area contributed by atoms with Crippen molar-refractivity contribution in [3.8, 4) is 11.1 Å². The van der Waals surface area contributed by atoms with Gasteiger partial charge in [-0.05, 0) is 146 Å².